The lowest BCUT2D eigenvalue weighted by Crippen LogP contribution is -1.98. The molecule has 0 aliphatic carbocycles. The van der Waals surface area contributed by atoms with Crippen molar-refractivity contribution in [2.45, 2.75) is 39.5 Å². The first-order valence-corrected chi connectivity index (χ1v) is 6.25. The molecule has 0 aromatic heterocycles. The SMILES string of the molecule is C=CCc1ccc(CCCCN)cc1.CC.[HH]. The maximum absolute atomic E-state index is 5.45. The molecule has 0 bridgehead atoms. The summed E-state index contributed by atoms with van der Waals surface area (Å²) >= 11 is 0. The second-order valence-electron chi connectivity index (χ2n) is 3.56. The summed E-state index contributed by atoms with van der Waals surface area (Å²) < 4.78 is 0. The summed E-state index contributed by atoms with van der Waals surface area (Å²) in [4.78, 5) is 0. The number of aryl methyl sites for hydroxylation is 1. The number of allylic oxidation sites excluding steroid dienone is 1. The zero-order valence-corrected chi connectivity index (χ0v) is 10.7. The van der Waals surface area contributed by atoms with Crippen LogP contribution >= 0.6 is 0 Å². The van der Waals surface area contributed by atoms with E-state index in [1.807, 2.05) is 19.9 Å². The van der Waals surface area contributed by atoms with Crippen molar-refractivity contribution in [3.8, 4) is 0 Å². The second-order valence-corrected chi connectivity index (χ2v) is 3.56. The van der Waals surface area contributed by atoms with Crippen molar-refractivity contribution < 1.29 is 1.43 Å². The van der Waals surface area contributed by atoms with Crippen molar-refractivity contribution in [3.63, 3.8) is 0 Å². The van der Waals surface area contributed by atoms with Gasteiger partial charge in [0.15, 0.2) is 0 Å². The molecule has 0 fully saturated rings. The third-order valence-corrected chi connectivity index (χ3v) is 2.32. The highest BCUT2D eigenvalue weighted by Crippen LogP contribution is 2.08. The summed E-state index contributed by atoms with van der Waals surface area (Å²) in [5.74, 6) is 0. The molecule has 0 atom stereocenters. The van der Waals surface area contributed by atoms with Crippen LogP contribution in [0.15, 0.2) is 36.9 Å². The normalized spacial score (nSPS) is 9.19. The summed E-state index contributed by atoms with van der Waals surface area (Å²) in [7, 11) is 0. The summed E-state index contributed by atoms with van der Waals surface area (Å²) in [6.07, 6.45) is 6.35. The molecular formula is C15H27N. The predicted octanol–water partition coefficient (Wildman–Crippen LogP) is 3.97. The van der Waals surface area contributed by atoms with Crippen molar-refractivity contribution in [1.29, 1.82) is 0 Å². The molecule has 0 spiro atoms. The van der Waals surface area contributed by atoms with Crippen LogP contribution in [0, 0.1) is 0 Å². The summed E-state index contributed by atoms with van der Waals surface area (Å²) in [5.41, 5.74) is 8.19. The molecular weight excluding hydrogens is 194 g/mol. The fourth-order valence-electron chi connectivity index (χ4n) is 1.48. The largest absolute Gasteiger partial charge is 0.330 e. The Bertz CT molecular complexity index is 267. The number of benzene rings is 1. The standard InChI is InChI=1S/C13H19N.C2H6.H2/c1-2-5-12-7-9-13(10-8-12)6-3-4-11-14;1-2;/h2,7-10H,1,3-6,11,14H2;1-2H3;1H. The van der Waals surface area contributed by atoms with Gasteiger partial charge in [-0.3, -0.25) is 0 Å². The molecule has 0 unspecified atom stereocenters. The number of hydrogen-bond acceptors (Lipinski definition) is 1. The summed E-state index contributed by atoms with van der Waals surface area (Å²) in [6.45, 7) is 8.53. The molecule has 0 radical (unpaired) electrons. The number of rotatable bonds is 6. The topological polar surface area (TPSA) is 26.0 Å². The monoisotopic (exact) mass is 221 g/mol. The van der Waals surface area contributed by atoms with Crippen LogP contribution in [0.5, 0.6) is 0 Å². The van der Waals surface area contributed by atoms with Gasteiger partial charge in [-0.1, -0.05) is 44.2 Å². The Balaban J connectivity index is 0. The van der Waals surface area contributed by atoms with Crippen LogP contribution in [0.4, 0.5) is 0 Å². The molecule has 1 heteroatoms. The quantitative estimate of drug-likeness (QED) is 0.571. The van der Waals surface area contributed by atoms with Gasteiger partial charge in [-0.15, -0.1) is 6.58 Å². The Hall–Kier alpha value is -1.08. The minimum atomic E-state index is 0. The Morgan fingerprint density at radius 3 is 2.19 bits per heavy atom. The maximum Gasteiger partial charge on any atom is 0 e. The van der Waals surface area contributed by atoms with Gasteiger partial charge in [-0.05, 0) is 43.4 Å². The van der Waals surface area contributed by atoms with E-state index in [0.717, 1.165) is 25.8 Å². The van der Waals surface area contributed by atoms with E-state index in [1.165, 1.54) is 17.5 Å². The number of hydrogen-bond donors (Lipinski definition) is 1. The molecule has 2 N–H and O–H groups in total. The minimum absolute atomic E-state index is 0. The van der Waals surface area contributed by atoms with Crippen LogP contribution in [0.1, 0.15) is 39.2 Å². The molecule has 0 heterocycles. The first kappa shape index (κ1) is 14.9. The first-order valence-electron chi connectivity index (χ1n) is 6.25. The highest BCUT2D eigenvalue weighted by atomic mass is 14.5. The van der Waals surface area contributed by atoms with E-state index in [0.29, 0.717) is 0 Å². The van der Waals surface area contributed by atoms with Crippen LogP contribution in [-0.2, 0) is 12.8 Å². The van der Waals surface area contributed by atoms with Gasteiger partial charge in [-0.25, -0.2) is 0 Å². The van der Waals surface area contributed by atoms with E-state index < -0.39 is 0 Å². The van der Waals surface area contributed by atoms with Crippen LogP contribution in [-0.4, -0.2) is 6.54 Å². The number of nitrogens with two attached hydrogens (primary N) is 1. The van der Waals surface area contributed by atoms with E-state index in [4.69, 9.17) is 5.73 Å². The minimum Gasteiger partial charge on any atom is -0.330 e. The van der Waals surface area contributed by atoms with E-state index in [-0.39, 0.29) is 1.43 Å². The van der Waals surface area contributed by atoms with E-state index in [2.05, 4.69) is 30.8 Å². The van der Waals surface area contributed by atoms with Crippen LogP contribution < -0.4 is 5.73 Å². The van der Waals surface area contributed by atoms with Gasteiger partial charge in [0.2, 0.25) is 0 Å². The van der Waals surface area contributed by atoms with Crippen molar-refractivity contribution in [2.75, 3.05) is 6.54 Å². The van der Waals surface area contributed by atoms with Gasteiger partial charge in [0.25, 0.3) is 0 Å². The molecule has 1 nitrogen and oxygen atoms in total. The van der Waals surface area contributed by atoms with Crippen LogP contribution in [0.25, 0.3) is 0 Å². The fourth-order valence-corrected chi connectivity index (χ4v) is 1.48. The first-order chi connectivity index (χ1) is 7.86. The molecule has 1 rings (SSSR count). The Labute approximate surface area is 102 Å². The molecule has 0 amide bonds. The Morgan fingerprint density at radius 2 is 1.69 bits per heavy atom. The van der Waals surface area contributed by atoms with Gasteiger partial charge in [0, 0.05) is 1.43 Å². The third kappa shape index (κ3) is 6.41. The maximum atomic E-state index is 5.45. The lowest BCUT2D eigenvalue weighted by atomic mass is 10.0. The molecule has 1 aromatic rings. The molecule has 16 heavy (non-hydrogen) atoms. The molecule has 1 aromatic carbocycles. The summed E-state index contributed by atoms with van der Waals surface area (Å²) in [5, 5.41) is 0. The fraction of sp³-hybridized carbons (Fsp3) is 0.467. The lowest BCUT2D eigenvalue weighted by molar-refractivity contribution is 0.744. The van der Waals surface area contributed by atoms with E-state index in [9.17, 15) is 0 Å². The van der Waals surface area contributed by atoms with E-state index in [1.54, 1.807) is 0 Å². The smallest absolute Gasteiger partial charge is 0 e. The van der Waals surface area contributed by atoms with Gasteiger partial charge in [-0.2, -0.15) is 0 Å². The van der Waals surface area contributed by atoms with Gasteiger partial charge >= 0.3 is 0 Å². The molecule has 0 saturated carbocycles. The average Bonchev–Trinajstić information content (AvgIpc) is 2.35. The predicted molar refractivity (Wildman–Crippen MR) is 75.8 cm³/mol. The van der Waals surface area contributed by atoms with Crippen molar-refractivity contribution in [2.24, 2.45) is 5.73 Å². The lowest BCUT2D eigenvalue weighted by Gasteiger charge is -2.02. The zero-order valence-electron chi connectivity index (χ0n) is 10.7. The number of unbranched alkanes of at least 4 members (excludes halogenated alkanes) is 1. The van der Waals surface area contributed by atoms with Gasteiger partial charge in [0.1, 0.15) is 0 Å². The van der Waals surface area contributed by atoms with Crippen molar-refractivity contribution in [3.05, 3.63) is 48.0 Å². The average molecular weight is 221 g/mol. The van der Waals surface area contributed by atoms with Crippen molar-refractivity contribution in [1.82, 2.24) is 0 Å². The Kier molecular flexibility index (Phi) is 9.73. The molecule has 92 valence electrons. The highest BCUT2D eigenvalue weighted by molar-refractivity contribution is 5.23. The van der Waals surface area contributed by atoms with Crippen LogP contribution in [0.2, 0.25) is 0 Å². The second kappa shape index (κ2) is 10.4. The zero-order chi connectivity index (χ0) is 12.2. The Morgan fingerprint density at radius 1 is 1.12 bits per heavy atom. The van der Waals surface area contributed by atoms with Gasteiger partial charge in [0.05, 0.1) is 0 Å². The van der Waals surface area contributed by atoms with Gasteiger partial charge < -0.3 is 5.73 Å². The third-order valence-electron chi connectivity index (χ3n) is 2.32. The van der Waals surface area contributed by atoms with Crippen molar-refractivity contribution >= 4 is 0 Å². The highest BCUT2D eigenvalue weighted by Gasteiger charge is 1.93. The molecule has 0 aliphatic rings. The summed E-state index contributed by atoms with van der Waals surface area (Å²) in [6, 6.07) is 8.77. The molecule has 0 saturated heterocycles. The van der Waals surface area contributed by atoms with Crippen LogP contribution in [0.3, 0.4) is 0 Å². The van der Waals surface area contributed by atoms with E-state index >= 15 is 0 Å². The molecule has 0 aliphatic heterocycles.